The van der Waals surface area contributed by atoms with Gasteiger partial charge in [-0.25, -0.2) is 9.67 Å². The minimum atomic E-state index is 0.358. The molecule has 2 atom stereocenters. The molecule has 0 radical (unpaired) electrons. The zero-order valence-electron chi connectivity index (χ0n) is 13.0. The van der Waals surface area contributed by atoms with Crippen LogP contribution in [0.3, 0.4) is 0 Å². The van der Waals surface area contributed by atoms with Crippen LogP contribution in [0.1, 0.15) is 37.8 Å². The predicted molar refractivity (Wildman–Crippen MR) is 84.0 cm³/mol. The van der Waals surface area contributed by atoms with E-state index >= 15 is 0 Å². The van der Waals surface area contributed by atoms with E-state index in [4.69, 9.17) is 21.3 Å². The van der Waals surface area contributed by atoms with Crippen LogP contribution in [-0.4, -0.2) is 38.4 Å². The van der Waals surface area contributed by atoms with E-state index in [-0.39, 0.29) is 0 Å². The largest absolute Gasteiger partial charge is 0.381 e. The van der Waals surface area contributed by atoms with Gasteiger partial charge in [-0.15, -0.1) is 11.6 Å². The second-order valence-electron chi connectivity index (χ2n) is 5.77. The highest BCUT2D eigenvalue weighted by atomic mass is 35.5. The zero-order valence-corrected chi connectivity index (χ0v) is 13.7. The third kappa shape index (κ3) is 2.46. The molecule has 3 rings (SSSR count). The van der Waals surface area contributed by atoms with Crippen LogP contribution in [0.15, 0.2) is 0 Å². The van der Waals surface area contributed by atoms with E-state index in [0.717, 1.165) is 55.3 Å². The molecule has 5 nitrogen and oxygen atoms in total. The maximum atomic E-state index is 5.98. The van der Waals surface area contributed by atoms with Gasteiger partial charge in [0.05, 0.1) is 12.3 Å². The first kappa shape index (κ1) is 14.9. The summed E-state index contributed by atoms with van der Waals surface area (Å²) in [6.07, 6.45) is 1.90. The van der Waals surface area contributed by atoms with Crippen molar-refractivity contribution in [3.05, 3.63) is 11.5 Å². The molecule has 2 aromatic rings. The number of hydrogen-bond donors (Lipinski definition) is 0. The van der Waals surface area contributed by atoms with Gasteiger partial charge in [0.1, 0.15) is 11.3 Å². The quantitative estimate of drug-likeness (QED) is 0.798. The molecular weight excluding hydrogens is 288 g/mol. The summed E-state index contributed by atoms with van der Waals surface area (Å²) in [7, 11) is 0. The van der Waals surface area contributed by atoms with Gasteiger partial charge in [-0.1, -0.05) is 0 Å². The molecule has 1 aliphatic rings. The fourth-order valence-electron chi connectivity index (χ4n) is 3.29. The van der Waals surface area contributed by atoms with E-state index in [1.807, 2.05) is 6.92 Å². The first-order valence-corrected chi connectivity index (χ1v) is 8.28. The van der Waals surface area contributed by atoms with Gasteiger partial charge in [0.2, 0.25) is 0 Å². The van der Waals surface area contributed by atoms with Crippen LogP contribution in [0, 0.1) is 12.8 Å². The maximum absolute atomic E-state index is 5.98. The molecule has 0 saturated carbocycles. The third-order valence-electron chi connectivity index (χ3n) is 4.49. The molecule has 0 bridgehead atoms. The standard InChI is InChI=1S/C15H23ClN4O/c1-4-19-15-14(10(2)18-19)17-13(5-7-16)20(15)11(3)12-6-8-21-9-12/h11-12H,4-9H2,1-3H3. The van der Waals surface area contributed by atoms with Crippen LogP contribution in [0.2, 0.25) is 0 Å². The molecule has 2 unspecified atom stereocenters. The van der Waals surface area contributed by atoms with Crippen molar-refractivity contribution in [1.82, 2.24) is 19.3 Å². The monoisotopic (exact) mass is 310 g/mol. The van der Waals surface area contributed by atoms with Gasteiger partial charge in [0, 0.05) is 37.4 Å². The van der Waals surface area contributed by atoms with E-state index in [9.17, 15) is 0 Å². The Labute approximate surface area is 130 Å². The van der Waals surface area contributed by atoms with Gasteiger partial charge in [-0.05, 0) is 27.2 Å². The normalized spacial score (nSPS) is 20.5. The lowest BCUT2D eigenvalue weighted by Crippen LogP contribution is -2.21. The molecule has 21 heavy (non-hydrogen) atoms. The molecule has 0 aromatic carbocycles. The Morgan fingerprint density at radius 3 is 2.90 bits per heavy atom. The van der Waals surface area contributed by atoms with E-state index in [1.165, 1.54) is 0 Å². The fourth-order valence-corrected chi connectivity index (χ4v) is 3.46. The highest BCUT2D eigenvalue weighted by molar-refractivity contribution is 6.17. The molecule has 3 heterocycles. The molecular formula is C15H23ClN4O. The number of nitrogens with zero attached hydrogens (tertiary/aromatic N) is 4. The predicted octanol–water partition coefficient (Wildman–Crippen LogP) is 2.94. The average Bonchev–Trinajstić information content (AvgIpc) is 3.16. The van der Waals surface area contributed by atoms with Crippen LogP contribution >= 0.6 is 11.6 Å². The number of alkyl halides is 1. The lowest BCUT2D eigenvalue weighted by atomic mass is 10.0. The number of halogens is 1. The minimum Gasteiger partial charge on any atom is -0.381 e. The van der Waals surface area contributed by atoms with Crippen molar-refractivity contribution < 1.29 is 4.74 Å². The van der Waals surface area contributed by atoms with E-state index in [0.29, 0.717) is 17.8 Å². The Morgan fingerprint density at radius 1 is 1.48 bits per heavy atom. The number of aryl methyl sites for hydroxylation is 3. The molecule has 0 aliphatic carbocycles. The Bertz CT molecular complexity index is 627. The van der Waals surface area contributed by atoms with Crippen molar-refractivity contribution in [2.45, 2.75) is 46.2 Å². The summed E-state index contributed by atoms with van der Waals surface area (Å²) in [6.45, 7) is 8.96. The summed E-state index contributed by atoms with van der Waals surface area (Å²) in [5.74, 6) is 2.20. The topological polar surface area (TPSA) is 44.9 Å². The number of fused-ring (bicyclic) bond motifs is 1. The van der Waals surface area contributed by atoms with Crippen molar-refractivity contribution >= 4 is 22.8 Å². The Hall–Kier alpha value is -1.07. The van der Waals surface area contributed by atoms with E-state index < -0.39 is 0 Å². The van der Waals surface area contributed by atoms with Gasteiger partial charge in [-0.3, -0.25) is 0 Å². The van der Waals surface area contributed by atoms with E-state index in [2.05, 4.69) is 28.2 Å². The number of imidazole rings is 1. The molecule has 1 aliphatic heterocycles. The van der Waals surface area contributed by atoms with Crippen molar-refractivity contribution in [2.24, 2.45) is 5.92 Å². The van der Waals surface area contributed by atoms with Crippen LogP contribution in [0.25, 0.3) is 11.2 Å². The van der Waals surface area contributed by atoms with Crippen LogP contribution < -0.4 is 0 Å². The number of ether oxygens (including phenoxy) is 1. The number of rotatable bonds is 5. The van der Waals surface area contributed by atoms with Crippen molar-refractivity contribution in [1.29, 1.82) is 0 Å². The summed E-state index contributed by atoms with van der Waals surface area (Å²) < 4.78 is 9.97. The summed E-state index contributed by atoms with van der Waals surface area (Å²) in [6, 6.07) is 0.358. The van der Waals surface area contributed by atoms with Crippen molar-refractivity contribution in [2.75, 3.05) is 19.1 Å². The van der Waals surface area contributed by atoms with E-state index in [1.54, 1.807) is 0 Å². The smallest absolute Gasteiger partial charge is 0.159 e. The second-order valence-corrected chi connectivity index (χ2v) is 6.15. The van der Waals surface area contributed by atoms with Crippen molar-refractivity contribution in [3.63, 3.8) is 0 Å². The molecule has 6 heteroatoms. The average molecular weight is 311 g/mol. The van der Waals surface area contributed by atoms with Crippen LogP contribution in [0.4, 0.5) is 0 Å². The molecule has 1 saturated heterocycles. The molecule has 116 valence electrons. The molecule has 0 N–H and O–H groups in total. The Kier molecular flexibility index (Phi) is 4.22. The lowest BCUT2D eigenvalue weighted by molar-refractivity contribution is 0.175. The third-order valence-corrected chi connectivity index (χ3v) is 4.68. The SMILES string of the molecule is CCn1nc(C)c2nc(CCCl)n(C(C)C3CCOC3)c21. The Balaban J connectivity index is 2.13. The fraction of sp³-hybridized carbons (Fsp3) is 0.733. The van der Waals surface area contributed by atoms with Gasteiger partial charge in [0.15, 0.2) is 5.65 Å². The zero-order chi connectivity index (χ0) is 15.0. The molecule has 1 fully saturated rings. The minimum absolute atomic E-state index is 0.358. The Morgan fingerprint density at radius 2 is 2.29 bits per heavy atom. The molecule has 0 amide bonds. The molecule has 0 spiro atoms. The van der Waals surface area contributed by atoms with Gasteiger partial charge >= 0.3 is 0 Å². The lowest BCUT2D eigenvalue weighted by Gasteiger charge is -2.22. The van der Waals surface area contributed by atoms with Crippen LogP contribution in [0.5, 0.6) is 0 Å². The highest BCUT2D eigenvalue weighted by Gasteiger charge is 2.28. The number of hydrogen-bond acceptors (Lipinski definition) is 3. The summed E-state index contributed by atoms with van der Waals surface area (Å²) in [4.78, 5) is 4.82. The van der Waals surface area contributed by atoms with Gasteiger partial charge < -0.3 is 9.30 Å². The summed E-state index contributed by atoms with van der Waals surface area (Å²) >= 11 is 5.98. The first-order chi connectivity index (χ1) is 10.2. The summed E-state index contributed by atoms with van der Waals surface area (Å²) in [5, 5.41) is 4.61. The maximum Gasteiger partial charge on any atom is 0.159 e. The summed E-state index contributed by atoms with van der Waals surface area (Å²) in [5.41, 5.74) is 3.15. The van der Waals surface area contributed by atoms with Crippen molar-refractivity contribution in [3.8, 4) is 0 Å². The second kappa shape index (κ2) is 5.97. The first-order valence-electron chi connectivity index (χ1n) is 7.75. The highest BCUT2D eigenvalue weighted by Crippen LogP contribution is 2.32. The van der Waals surface area contributed by atoms with Gasteiger partial charge in [-0.2, -0.15) is 5.10 Å². The molecule has 2 aromatic heterocycles. The van der Waals surface area contributed by atoms with Crippen LogP contribution in [-0.2, 0) is 17.7 Å². The number of aromatic nitrogens is 4. The van der Waals surface area contributed by atoms with Gasteiger partial charge in [0.25, 0.3) is 0 Å².